The number of ketones is 1. The zero-order valence-electron chi connectivity index (χ0n) is 17.1. The molecule has 0 aliphatic rings. The molecule has 2 aromatic rings. The first-order valence-corrected chi connectivity index (χ1v) is 9.06. The highest BCUT2D eigenvalue weighted by molar-refractivity contribution is 5.94. The standard InChI is InChI=1S/C22H25NO6/c1-15-7-5-6-8-18(15)12-23(13-22(26)28-4)21(25)14-29-19-10-9-17(16(2)24)11-20(19)27-3/h5-11H,12-14H2,1-4H3. The molecule has 154 valence electrons. The summed E-state index contributed by atoms with van der Waals surface area (Å²) in [5.41, 5.74) is 2.41. The van der Waals surface area contributed by atoms with Crippen LogP contribution in [-0.2, 0) is 20.9 Å². The Hall–Kier alpha value is -3.35. The number of esters is 1. The molecule has 0 aliphatic carbocycles. The number of Topliss-reactive ketones (excluding diaryl/α,β-unsaturated/α-hetero) is 1. The van der Waals surface area contributed by atoms with Crippen molar-refractivity contribution in [3.63, 3.8) is 0 Å². The lowest BCUT2D eigenvalue weighted by atomic mass is 10.1. The van der Waals surface area contributed by atoms with E-state index in [1.807, 2.05) is 31.2 Å². The molecular formula is C22H25NO6. The van der Waals surface area contributed by atoms with Gasteiger partial charge in [-0.1, -0.05) is 24.3 Å². The van der Waals surface area contributed by atoms with Gasteiger partial charge in [-0.2, -0.15) is 0 Å². The SMILES string of the molecule is COC(=O)CN(Cc1ccccc1C)C(=O)COc1ccc(C(C)=O)cc1OC. The third-order valence-corrected chi connectivity index (χ3v) is 4.44. The molecule has 0 N–H and O–H groups in total. The van der Waals surface area contributed by atoms with Crippen molar-refractivity contribution in [1.82, 2.24) is 4.90 Å². The molecule has 0 saturated carbocycles. The number of rotatable bonds is 9. The molecule has 7 nitrogen and oxygen atoms in total. The van der Waals surface area contributed by atoms with Crippen LogP contribution >= 0.6 is 0 Å². The molecule has 0 atom stereocenters. The molecule has 2 aromatic carbocycles. The van der Waals surface area contributed by atoms with Crippen molar-refractivity contribution in [2.24, 2.45) is 0 Å². The van der Waals surface area contributed by atoms with Crippen LogP contribution in [0, 0.1) is 6.92 Å². The Bertz CT molecular complexity index is 893. The first-order chi connectivity index (χ1) is 13.8. The van der Waals surface area contributed by atoms with Gasteiger partial charge in [0.2, 0.25) is 0 Å². The number of carbonyl (C=O) groups excluding carboxylic acids is 3. The molecule has 0 aliphatic heterocycles. The molecule has 1 amide bonds. The van der Waals surface area contributed by atoms with E-state index in [0.29, 0.717) is 17.1 Å². The van der Waals surface area contributed by atoms with Crippen LogP contribution in [0.1, 0.15) is 28.4 Å². The van der Waals surface area contributed by atoms with Gasteiger partial charge in [0.1, 0.15) is 6.54 Å². The van der Waals surface area contributed by atoms with Gasteiger partial charge in [0, 0.05) is 12.1 Å². The lowest BCUT2D eigenvalue weighted by Gasteiger charge is -2.23. The zero-order valence-corrected chi connectivity index (χ0v) is 17.1. The molecule has 0 saturated heterocycles. The number of aryl methyl sites for hydroxylation is 1. The Balaban J connectivity index is 2.14. The maximum atomic E-state index is 12.8. The number of hydrogen-bond acceptors (Lipinski definition) is 6. The summed E-state index contributed by atoms with van der Waals surface area (Å²) in [6.07, 6.45) is 0. The van der Waals surface area contributed by atoms with Crippen molar-refractivity contribution >= 4 is 17.7 Å². The van der Waals surface area contributed by atoms with Gasteiger partial charge in [0.25, 0.3) is 5.91 Å². The highest BCUT2D eigenvalue weighted by Gasteiger charge is 2.20. The van der Waals surface area contributed by atoms with E-state index in [1.165, 1.54) is 26.0 Å². The van der Waals surface area contributed by atoms with Crippen LogP contribution in [0.25, 0.3) is 0 Å². The molecule has 0 fully saturated rings. The van der Waals surface area contributed by atoms with Gasteiger partial charge in [0.15, 0.2) is 23.9 Å². The molecule has 0 heterocycles. The summed E-state index contributed by atoms with van der Waals surface area (Å²) in [5.74, 6) is -0.316. The predicted molar refractivity (Wildman–Crippen MR) is 107 cm³/mol. The van der Waals surface area contributed by atoms with Gasteiger partial charge in [-0.3, -0.25) is 14.4 Å². The molecule has 0 unspecified atom stereocenters. The molecule has 2 rings (SSSR count). The lowest BCUT2D eigenvalue weighted by Crippen LogP contribution is -2.38. The second-order valence-electron chi connectivity index (χ2n) is 6.46. The molecule has 29 heavy (non-hydrogen) atoms. The van der Waals surface area contributed by atoms with Gasteiger partial charge in [-0.15, -0.1) is 0 Å². The molecule has 0 spiro atoms. The first kappa shape index (κ1) is 21.9. The summed E-state index contributed by atoms with van der Waals surface area (Å²) in [5, 5.41) is 0. The van der Waals surface area contributed by atoms with E-state index >= 15 is 0 Å². The minimum absolute atomic E-state index is 0.103. The maximum Gasteiger partial charge on any atom is 0.325 e. The van der Waals surface area contributed by atoms with Crippen LogP contribution in [0.15, 0.2) is 42.5 Å². The fourth-order valence-corrected chi connectivity index (χ4v) is 2.68. The fraction of sp³-hybridized carbons (Fsp3) is 0.318. The van der Waals surface area contributed by atoms with E-state index in [-0.39, 0.29) is 31.4 Å². The van der Waals surface area contributed by atoms with Crippen molar-refractivity contribution in [2.45, 2.75) is 20.4 Å². The van der Waals surface area contributed by atoms with E-state index in [4.69, 9.17) is 14.2 Å². The number of benzene rings is 2. The van der Waals surface area contributed by atoms with Crippen molar-refractivity contribution in [3.8, 4) is 11.5 Å². The Morgan fingerprint density at radius 3 is 2.34 bits per heavy atom. The van der Waals surface area contributed by atoms with E-state index in [9.17, 15) is 14.4 Å². The Labute approximate surface area is 170 Å². The number of amides is 1. The van der Waals surface area contributed by atoms with E-state index in [1.54, 1.807) is 18.2 Å². The van der Waals surface area contributed by atoms with Gasteiger partial charge in [0.05, 0.1) is 14.2 Å². The zero-order chi connectivity index (χ0) is 21.4. The van der Waals surface area contributed by atoms with Crippen molar-refractivity contribution in [1.29, 1.82) is 0 Å². The Kier molecular flexibility index (Phi) is 7.77. The summed E-state index contributed by atoms with van der Waals surface area (Å²) >= 11 is 0. The monoisotopic (exact) mass is 399 g/mol. The Morgan fingerprint density at radius 1 is 1.00 bits per heavy atom. The second-order valence-corrected chi connectivity index (χ2v) is 6.46. The number of ether oxygens (including phenoxy) is 3. The van der Waals surface area contributed by atoms with Crippen LogP contribution in [-0.4, -0.2) is 49.9 Å². The first-order valence-electron chi connectivity index (χ1n) is 9.06. The smallest absolute Gasteiger partial charge is 0.325 e. The maximum absolute atomic E-state index is 12.8. The summed E-state index contributed by atoms with van der Waals surface area (Å²) in [6, 6.07) is 12.4. The number of hydrogen-bond donors (Lipinski definition) is 0. The summed E-state index contributed by atoms with van der Waals surface area (Å²) in [4.78, 5) is 37.4. The third-order valence-electron chi connectivity index (χ3n) is 4.44. The molecule has 0 bridgehead atoms. The molecular weight excluding hydrogens is 374 g/mol. The predicted octanol–water partition coefficient (Wildman–Crippen LogP) is 2.79. The minimum Gasteiger partial charge on any atom is -0.493 e. The second kappa shape index (κ2) is 10.3. The van der Waals surface area contributed by atoms with Gasteiger partial charge < -0.3 is 19.1 Å². The number of nitrogens with zero attached hydrogens (tertiary/aromatic N) is 1. The number of methoxy groups -OCH3 is 2. The summed E-state index contributed by atoms with van der Waals surface area (Å²) < 4.78 is 15.6. The van der Waals surface area contributed by atoms with Gasteiger partial charge in [-0.25, -0.2) is 0 Å². The molecule has 0 aromatic heterocycles. The van der Waals surface area contributed by atoms with Crippen LogP contribution in [0.4, 0.5) is 0 Å². The molecule has 7 heteroatoms. The summed E-state index contributed by atoms with van der Waals surface area (Å²) in [7, 11) is 2.73. The minimum atomic E-state index is -0.518. The molecule has 0 radical (unpaired) electrons. The van der Waals surface area contributed by atoms with E-state index in [2.05, 4.69) is 0 Å². The highest BCUT2D eigenvalue weighted by atomic mass is 16.5. The average molecular weight is 399 g/mol. The van der Waals surface area contributed by atoms with Crippen molar-refractivity contribution < 1.29 is 28.6 Å². The third kappa shape index (κ3) is 6.07. The van der Waals surface area contributed by atoms with Crippen LogP contribution in [0.3, 0.4) is 0 Å². The van der Waals surface area contributed by atoms with Crippen molar-refractivity contribution in [3.05, 3.63) is 59.2 Å². The topological polar surface area (TPSA) is 82.1 Å². The average Bonchev–Trinajstić information content (AvgIpc) is 2.72. The van der Waals surface area contributed by atoms with Crippen LogP contribution in [0.2, 0.25) is 0 Å². The lowest BCUT2D eigenvalue weighted by molar-refractivity contribution is -0.148. The largest absolute Gasteiger partial charge is 0.493 e. The van der Waals surface area contributed by atoms with E-state index in [0.717, 1.165) is 11.1 Å². The Morgan fingerprint density at radius 2 is 1.72 bits per heavy atom. The van der Waals surface area contributed by atoms with Crippen molar-refractivity contribution in [2.75, 3.05) is 27.4 Å². The van der Waals surface area contributed by atoms with Crippen LogP contribution in [0.5, 0.6) is 11.5 Å². The summed E-state index contributed by atoms with van der Waals surface area (Å²) in [6.45, 7) is 3.17. The fourth-order valence-electron chi connectivity index (χ4n) is 2.68. The van der Waals surface area contributed by atoms with Gasteiger partial charge in [-0.05, 0) is 43.2 Å². The van der Waals surface area contributed by atoms with Gasteiger partial charge >= 0.3 is 5.97 Å². The quantitative estimate of drug-likeness (QED) is 0.476. The van der Waals surface area contributed by atoms with Crippen LogP contribution < -0.4 is 9.47 Å². The number of carbonyl (C=O) groups is 3. The highest BCUT2D eigenvalue weighted by Crippen LogP contribution is 2.28. The normalized spacial score (nSPS) is 10.2. The van der Waals surface area contributed by atoms with E-state index < -0.39 is 5.97 Å².